The zero-order valence-corrected chi connectivity index (χ0v) is 16.5. The molecule has 0 spiro atoms. The zero-order valence-electron chi connectivity index (χ0n) is 14.9. The molecular weight excluding hydrogens is 415 g/mol. The highest BCUT2D eigenvalue weighted by molar-refractivity contribution is 7.88. The molecule has 150 valence electrons. The Bertz CT molecular complexity index is 1160. The lowest BCUT2D eigenvalue weighted by Gasteiger charge is -2.15. The molecule has 2 aromatic heterocycles. The van der Waals surface area contributed by atoms with Gasteiger partial charge in [0.1, 0.15) is 5.75 Å². The van der Waals surface area contributed by atoms with Gasteiger partial charge in [0, 0.05) is 34.0 Å². The van der Waals surface area contributed by atoms with Crippen LogP contribution >= 0.6 is 11.3 Å². The predicted octanol–water partition coefficient (Wildman–Crippen LogP) is 4.61. The van der Waals surface area contributed by atoms with Crippen LogP contribution in [0.25, 0.3) is 21.2 Å². The number of halogens is 3. The molecule has 3 aromatic rings. The molecule has 10 heteroatoms. The molecule has 0 fully saturated rings. The van der Waals surface area contributed by atoms with E-state index in [1.807, 2.05) is 25.3 Å². The van der Waals surface area contributed by atoms with E-state index in [0.29, 0.717) is 17.5 Å². The molecule has 0 bridgehead atoms. The normalized spacial score (nSPS) is 12.6. The molecule has 3 rings (SSSR count). The number of rotatable bonds is 5. The van der Waals surface area contributed by atoms with Crippen molar-refractivity contribution in [2.24, 2.45) is 5.92 Å². The van der Waals surface area contributed by atoms with Crippen LogP contribution in [0, 0.1) is 5.92 Å². The van der Waals surface area contributed by atoms with Gasteiger partial charge in [-0.15, -0.1) is 11.3 Å². The lowest BCUT2D eigenvalue weighted by Crippen LogP contribution is -2.28. The summed E-state index contributed by atoms with van der Waals surface area (Å²) >= 11 is 1.39. The molecule has 0 radical (unpaired) electrons. The third kappa shape index (κ3) is 3.93. The lowest BCUT2D eigenvalue weighted by molar-refractivity contribution is -0.0500. The average Bonchev–Trinajstić information content (AvgIpc) is 3.10. The van der Waals surface area contributed by atoms with E-state index in [9.17, 15) is 26.4 Å². The van der Waals surface area contributed by atoms with E-state index >= 15 is 0 Å². The van der Waals surface area contributed by atoms with Gasteiger partial charge in [0.2, 0.25) is 0 Å². The molecule has 0 N–H and O–H groups in total. The van der Waals surface area contributed by atoms with Gasteiger partial charge in [0.15, 0.2) is 0 Å². The van der Waals surface area contributed by atoms with Crippen molar-refractivity contribution in [3.63, 3.8) is 0 Å². The topological polar surface area (TPSA) is 65.4 Å². The maximum absolute atomic E-state index is 12.8. The number of hydrogen-bond acceptors (Lipinski definition) is 5. The summed E-state index contributed by atoms with van der Waals surface area (Å²) in [7, 11) is -5.80. The minimum absolute atomic E-state index is 0.200. The van der Waals surface area contributed by atoms with Gasteiger partial charge in [0.05, 0.1) is 0 Å². The first-order valence-electron chi connectivity index (χ1n) is 8.21. The van der Waals surface area contributed by atoms with Crippen LogP contribution in [0.15, 0.2) is 46.7 Å². The molecule has 0 amide bonds. The van der Waals surface area contributed by atoms with Crippen LogP contribution < -0.4 is 9.74 Å². The Morgan fingerprint density at radius 1 is 1.18 bits per heavy atom. The van der Waals surface area contributed by atoms with Crippen LogP contribution in [0.3, 0.4) is 0 Å². The summed E-state index contributed by atoms with van der Waals surface area (Å²) in [4.78, 5) is 13.6. The molecule has 0 saturated carbocycles. The van der Waals surface area contributed by atoms with E-state index in [1.165, 1.54) is 17.4 Å². The van der Waals surface area contributed by atoms with Crippen LogP contribution in [0.1, 0.15) is 13.8 Å². The van der Waals surface area contributed by atoms with Gasteiger partial charge in [-0.1, -0.05) is 19.9 Å². The number of pyridine rings is 1. The van der Waals surface area contributed by atoms with Crippen molar-refractivity contribution in [2.75, 3.05) is 0 Å². The van der Waals surface area contributed by atoms with E-state index in [2.05, 4.69) is 4.18 Å². The van der Waals surface area contributed by atoms with E-state index in [4.69, 9.17) is 0 Å². The van der Waals surface area contributed by atoms with Crippen molar-refractivity contribution in [1.82, 2.24) is 4.57 Å². The number of nitrogens with zero attached hydrogens (tertiary/aromatic N) is 1. The van der Waals surface area contributed by atoms with E-state index in [0.717, 1.165) is 17.0 Å². The van der Waals surface area contributed by atoms with Gasteiger partial charge >= 0.3 is 15.6 Å². The molecule has 0 atom stereocenters. The van der Waals surface area contributed by atoms with Crippen LogP contribution in [0.4, 0.5) is 13.2 Å². The zero-order chi connectivity index (χ0) is 20.7. The number of fused-ring (bicyclic) bond motifs is 1. The fourth-order valence-electron chi connectivity index (χ4n) is 2.75. The second-order valence-corrected chi connectivity index (χ2v) is 9.05. The molecule has 0 aliphatic rings. The van der Waals surface area contributed by atoms with Crippen molar-refractivity contribution >= 4 is 32.2 Å². The van der Waals surface area contributed by atoms with Crippen molar-refractivity contribution in [3.05, 3.63) is 52.3 Å². The first-order valence-corrected chi connectivity index (χ1v) is 10.5. The Morgan fingerprint density at radius 2 is 1.89 bits per heavy atom. The highest BCUT2D eigenvalue weighted by Gasteiger charge is 2.48. The fraction of sp³-hybridized carbons (Fsp3) is 0.278. The Hall–Kier alpha value is -2.33. The first-order chi connectivity index (χ1) is 13.0. The van der Waals surface area contributed by atoms with E-state index in [1.54, 1.807) is 16.8 Å². The second kappa shape index (κ2) is 7.25. The summed E-state index contributed by atoms with van der Waals surface area (Å²) in [6.07, 6.45) is 1.64. The highest BCUT2D eigenvalue weighted by Crippen LogP contribution is 2.34. The Labute approximate surface area is 163 Å². The van der Waals surface area contributed by atoms with E-state index in [-0.39, 0.29) is 16.9 Å². The van der Waals surface area contributed by atoms with Crippen molar-refractivity contribution in [1.29, 1.82) is 0 Å². The smallest absolute Gasteiger partial charge is 0.376 e. The van der Waals surface area contributed by atoms with Crippen molar-refractivity contribution in [3.8, 4) is 16.2 Å². The number of alkyl halides is 3. The number of thiophene rings is 1. The molecule has 0 aliphatic carbocycles. The summed E-state index contributed by atoms with van der Waals surface area (Å²) in [5, 5.41) is 2.42. The molecule has 0 saturated heterocycles. The van der Waals surface area contributed by atoms with Gasteiger partial charge in [-0.05, 0) is 35.6 Å². The summed E-state index contributed by atoms with van der Waals surface area (Å²) in [6, 6.07) is 7.09. The summed E-state index contributed by atoms with van der Waals surface area (Å²) in [5.41, 5.74) is -5.24. The van der Waals surface area contributed by atoms with Crippen molar-refractivity contribution < 1.29 is 25.8 Å². The second-order valence-electron chi connectivity index (χ2n) is 6.56. The van der Waals surface area contributed by atoms with Crippen molar-refractivity contribution in [2.45, 2.75) is 25.9 Å². The third-order valence-corrected chi connectivity index (χ3v) is 5.78. The first kappa shape index (κ1) is 20.4. The molecular formula is C18H16F3NO4S2. The predicted molar refractivity (Wildman–Crippen MR) is 102 cm³/mol. The van der Waals surface area contributed by atoms with Gasteiger partial charge in [-0.2, -0.15) is 21.6 Å². The Balaban J connectivity index is 2.22. The largest absolute Gasteiger partial charge is 0.534 e. The van der Waals surface area contributed by atoms with Gasteiger partial charge < -0.3 is 8.75 Å². The molecule has 28 heavy (non-hydrogen) atoms. The molecule has 0 unspecified atom stereocenters. The van der Waals surface area contributed by atoms with Crippen LogP contribution in [0.2, 0.25) is 0 Å². The van der Waals surface area contributed by atoms with Crippen LogP contribution in [-0.2, 0) is 16.7 Å². The SMILES string of the molecule is CC(C)Cn1cc(-c2cccs2)c2cc(OS(=O)(=O)C(F)(F)F)ccc2c1=O. The van der Waals surface area contributed by atoms with Gasteiger partial charge in [0.25, 0.3) is 5.56 Å². The van der Waals surface area contributed by atoms with Crippen LogP contribution in [0.5, 0.6) is 5.75 Å². The fourth-order valence-corrected chi connectivity index (χ4v) is 3.96. The van der Waals surface area contributed by atoms with Gasteiger partial charge in [-0.25, -0.2) is 0 Å². The number of aromatic nitrogens is 1. The number of hydrogen-bond donors (Lipinski definition) is 0. The third-order valence-electron chi connectivity index (χ3n) is 3.90. The quantitative estimate of drug-likeness (QED) is 0.437. The molecule has 5 nitrogen and oxygen atoms in total. The average molecular weight is 431 g/mol. The minimum atomic E-state index is -5.80. The summed E-state index contributed by atoms with van der Waals surface area (Å²) in [5.74, 6) is -0.311. The number of benzene rings is 1. The highest BCUT2D eigenvalue weighted by atomic mass is 32.2. The minimum Gasteiger partial charge on any atom is -0.376 e. The monoisotopic (exact) mass is 431 g/mol. The molecule has 2 heterocycles. The lowest BCUT2D eigenvalue weighted by atomic mass is 10.1. The maximum Gasteiger partial charge on any atom is 0.534 e. The standard InChI is InChI=1S/C18H16F3NO4S2/c1-11(2)9-22-10-15(16-4-3-7-27-16)14-8-12(5-6-13(14)17(22)23)26-28(24,25)18(19,20)21/h3-8,10-11H,9H2,1-2H3. The van der Waals surface area contributed by atoms with E-state index < -0.39 is 21.4 Å². The molecule has 1 aromatic carbocycles. The Morgan fingerprint density at radius 3 is 2.46 bits per heavy atom. The van der Waals surface area contributed by atoms with Gasteiger partial charge in [-0.3, -0.25) is 4.79 Å². The van der Waals surface area contributed by atoms with Crippen LogP contribution in [-0.4, -0.2) is 18.5 Å². The molecule has 0 aliphatic heterocycles. The summed E-state index contributed by atoms with van der Waals surface area (Å²) < 4.78 is 66.2. The Kier molecular flexibility index (Phi) is 5.28. The summed E-state index contributed by atoms with van der Waals surface area (Å²) in [6.45, 7) is 4.38. The maximum atomic E-state index is 12.8.